The van der Waals surface area contributed by atoms with Crippen molar-refractivity contribution in [3.63, 3.8) is 0 Å². The van der Waals surface area contributed by atoms with Crippen LogP contribution in [0.4, 0.5) is 0 Å². The van der Waals surface area contributed by atoms with Gasteiger partial charge in [0.15, 0.2) is 0 Å². The first kappa shape index (κ1) is 27.1. The number of azide groups is 1. The molecule has 15 nitrogen and oxygen atoms in total. The molecule has 0 unspecified atom stereocenters. The molecular formula is CH12N3O12P3. The molecule has 0 atom stereocenters. The molecule has 118 valence electrons. The highest BCUT2D eigenvalue weighted by Gasteiger charge is 2.01. The second-order valence-electron chi connectivity index (χ2n) is 1.83. The topological polar surface area (TPSA) is 282 Å². The van der Waals surface area contributed by atoms with E-state index in [0.717, 1.165) is 0 Å². The molecule has 0 saturated carbocycles. The van der Waals surface area contributed by atoms with E-state index in [1.807, 2.05) is 0 Å². The van der Waals surface area contributed by atoms with Gasteiger partial charge in [0.25, 0.3) is 0 Å². The van der Waals surface area contributed by atoms with Crippen molar-refractivity contribution in [3.8, 4) is 0 Å². The Morgan fingerprint density at radius 1 is 0.737 bits per heavy atom. The van der Waals surface area contributed by atoms with Crippen LogP contribution in [-0.2, 0) is 13.7 Å². The molecule has 0 aromatic heterocycles. The van der Waals surface area contributed by atoms with Gasteiger partial charge in [-0.2, -0.15) is 0 Å². The van der Waals surface area contributed by atoms with Crippen LogP contribution < -0.4 is 0 Å². The van der Waals surface area contributed by atoms with Crippen molar-refractivity contribution in [3.05, 3.63) is 10.4 Å². The highest BCUT2D eigenvalue weighted by molar-refractivity contribution is 7.45. The average Bonchev–Trinajstić information content (AvgIpc) is 1.93. The monoisotopic (exact) mass is 351 g/mol. The van der Waals surface area contributed by atoms with E-state index in [4.69, 9.17) is 63.3 Å². The molecule has 18 heteroatoms. The van der Waals surface area contributed by atoms with Crippen molar-refractivity contribution < 1.29 is 57.7 Å². The van der Waals surface area contributed by atoms with Crippen molar-refractivity contribution in [2.45, 2.75) is 0 Å². The normalized spacial score (nSPS) is 10.2. The fraction of sp³-hybridized carbons (Fsp3) is 1.00. The van der Waals surface area contributed by atoms with E-state index in [0.29, 0.717) is 0 Å². The number of hydrogen-bond acceptors (Lipinski definition) is 4. The van der Waals surface area contributed by atoms with Gasteiger partial charge in [-0.05, 0) is 5.53 Å². The molecule has 0 aliphatic heterocycles. The molecule has 0 fully saturated rings. The Labute approximate surface area is 105 Å². The summed E-state index contributed by atoms with van der Waals surface area (Å²) in [4.78, 5) is 67.0. The number of nitrogens with zero attached hydrogens (tertiary/aromatic N) is 3. The Hall–Kier alpha value is -0.360. The van der Waals surface area contributed by atoms with Gasteiger partial charge in [0.1, 0.15) is 0 Å². The van der Waals surface area contributed by atoms with Crippen LogP contribution in [-0.4, -0.2) is 51.1 Å². The molecule has 0 aromatic rings. The second-order valence-corrected chi connectivity index (χ2v) is 4.91. The fourth-order valence-electron chi connectivity index (χ4n) is 0. The predicted octanol–water partition coefficient (Wildman–Crippen LogP) is -1.86. The van der Waals surface area contributed by atoms with E-state index in [1.54, 1.807) is 0 Å². The third-order valence-corrected chi connectivity index (χ3v) is 0.0894. The Morgan fingerprint density at radius 2 is 0.789 bits per heavy atom. The zero-order valence-electron chi connectivity index (χ0n) is 8.93. The molecule has 0 heterocycles. The van der Waals surface area contributed by atoms with E-state index in [2.05, 4.69) is 10.0 Å². The van der Waals surface area contributed by atoms with Gasteiger partial charge < -0.3 is 44.0 Å². The van der Waals surface area contributed by atoms with Gasteiger partial charge >= 0.3 is 23.5 Å². The van der Waals surface area contributed by atoms with Crippen molar-refractivity contribution in [1.82, 2.24) is 0 Å². The summed E-state index contributed by atoms with van der Waals surface area (Å²) >= 11 is 0. The van der Waals surface area contributed by atoms with Crippen LogP contribution in [0.15, 0.2) is 5.11 Å². The van der Waals surface area contributed by atoms with Crippen LogP contribution in [0.25, 0.3) is 10.4 Å². The SMILES string of the molecule is CN=[N+]=[N-].O=P(O)(O)O.O=P(O)(O)O.O=P(O)(O)O. The van der Waals surface area contributed by atoms with Gasteiger partial charge in [-0.1, -0.05) is 5.11 Å². The molecule has 0 spiro atoms. The summed E-state index contributed by atoms with van der Waals surface area (Å²) in [6.45, 7) is 0. The first-order valence-corrected chi connectivity index (χ1v) is 7.89. The second kappa shape index (κ2) is 12.7. The van der Waals surface area contributed by atoms with Gasteiger partial charge in [-0.3, -0.25) is 0 Å². The van der Waals surface area contributed by atoms with Gasteiger partial charge in [-0.25, -0.2) is 13.7 Å². The van der Waals surface area contributed by atoms with Gasteiger partial charge in [0.2, 0.25) is 0 Å². The lowest BCUT2D eigenvalue weighted by Gasteiger charge is -1.82. The maximum Gasteiger partial charge on any atom is 0.466 e. The van der Waals surface area contributed by atoms with Crippen molar-refractivity contribution in [2.24, 2.45) is 5.11 Å². The summed E-state index contributed by atoms with van der Waals surface area (Å²) < 4.78 is 26.6. The summed E-state index contributed by atoms with van der Waals surface area (Å²) in [6, 6.07) is 0. The van der Waals surface area contributed by atoms with Crippen LogP contribution in [0.3, 0.4) is 0 Å². The average molecular weight is 351 g/mol. The van der Waals surface area contributed by atoms with E-state index >= 15 is 0 Å². The van der Waals surface area contributed by atoms with Crippen LogP contribution in [0.5, 0.6) is 0 Å². The molecule has 0 amide bonds. The van der Waals surface area contributed by atoms with Crippen LogP contribution >= 0.6 is 23.5 Å². The number of rotatable bonds is 0. The van der Waals surface area contributed by atoms with Crippen molar-refractivity contribution in [2.75, 3.05) is 7.05 Å². The maximum atomic E-state index is 8.88. The minimum Gasteiger partial charge on any atom is -0.303 e. The predicted molar refractivity (Wildman–Crippen MR) is 57.9 cm³/mol. The molecule has 0 rings (SSSR count). The van der Waals surface area contributed by atoms with Crippen LogP contribution in [0.2, 0.25) is 0 Å². The van der Waals surface area contributed by atoms with E-state index in [-0.39, 0.29) is 0 Å². The highest BCUT2D eigenvalue weighted by atomic mass is 31.2. The van der Waals surface area contributed by atoms with Crippen LogP contribution in [0.1, 0.15) is 0 Å². The van der Waals surface area contributed by atoms with E-state index < -0.39 is 23.5 Å². The fourth-order valence-corrected chi connectivity index (χ4v) is 0. The lowest BCUT2D eigenvalue weighted by molar-refractivity contribution is 0.272. The lowest BCUT2D eigenvalue weighted by Crippen LogP contribution is -1.66. The quantitative estimate of drug-likeness (QED) is 0.100. The molecule has 0 aliphatic carbocycles. The minimum absolute atomic E-state index is 1.39. The summed E-state index contributed by atoms with van der Waals surface area (Å²) in [5.41, 5.74) is 7.33. The summed E-state index contributed by atoms with van der Waals surface area (Å²) in [5, 5.41) is 2.92. The molecule has 0 radical (unpaired) electrons. The Morgan fingerprint density at radius 3 is 0.789 bits per heavy atom. The van der Waals surface area contributed by atoms with Crippen LogP contribution in [0, 0.1) is 0 Å². The summed E-state index contributed by atoms with van der Waals surface area (Å²) in [6.07, 6.45) is 0. The van der Waals surface area contributed by atoms with Gasteiger partial charge in [-0.15, -0.1) is 0 Å². The molecule has 0 saturated heterocycles. The summed E-state index contributed by atoms with van der Waals surface area (Å²) in [7, 11) is -12.5. The van der Waals surface area contributed by atoms with Gasteiger partial charge in [0.05, 0.1) is 0 Å². The van der Waals surface area contributed by atoms with Crippen molar-refractivity contribution in [1.29, 1.82) is 0 Å². The third kappa shape index (κ3) is 10500. The maximum absolute atomic E-state index is 8.88. The molecule has 0 aromatic carbocycles. The van der Waals surface area contributed by atoms with E-state index in [1.165, 1.54) is 7.05 Å². The Kier molecular flexibility index (Phi) is 18.0. The minimum atomic E-state index is -4.64. The zero-order chi connectivity index (χ0) is 16.9. The largest absolute Gasteiger partial charge is 0.466 e. The molecule has 9 N–H and O–H groups in total. The molecular weight excluding hydrogens is 339 g/mol. The van der Waals surface area contributed by atoms with Gasteiger partial charge in [0, 0.05) is 12.0 Å². The smallest absolute Gasteiger partial charge is 0.303 e. The number of hydrogen-bond donors (Lipinski definition) is 9. The molecule has 0 aliphatic rings. The Bertz CT molecular complexity index is 309. The molecule has 0 bridgehead atoms. The van der Waals surface area contributed by atoms with E-state index in [9.17, 15) is 0 Å². The molecule has 19 heavy (non-hydrogen) atoms. The summed E-state index contributed by atoms with van der Waals surface area (Å²) in [5.74, 6) is 0. The Balaban J connectivity index is -0.0000000793. The lowest BCUT2D eigenvalue weighted by atomic mass is 11.6. The van der Waals surface area contributed by atoms with Crippen molar-refractivity contribution >= 4 is 23.5 Å². The third-order valence-electron chi connectivity index (χ3n) is 0.0894. The zero-order valence-corrected chi connectivity index (χ0v) is 11.6. The first-order chi connectivity index (χ1) is 7.91. The standard InChI is InChI=1S/CH3N3.3H3O4P/c1-3-4-2;3*1-5(2,3)4/h1H3;3*(H3,1,2,3,4). The number of phosphoric acid groups is 3. The highest BCUT2D eigenvalue weighted by Crippen LogP contribution is 2.26. The first-order valence-electron chi connectivity index (χ1n) is 3.19.